The Bertz CT molecular complexity index is 1070. The third-order valence-electron chi connectivity index (χ3n) is 6.66. The van der Waals surface area contributed by atoms with Crippen LogP contribution in [0, 0.1) is 18.3 Å². The summed E-state index contributed by atoms with van der Waals surface area (Å²) in [6, 6.07) is 16.3. The van der Waals surface area contributed by atoms with Gasteiger partial charge in [0.05, 0.1) is 6.54 Å². The van der Waals surface area contributed by atoms with Gasteiger partial charge in [-0.2, -0.15) is 0 Å². The van der Waals surface area contributed by atoms with Crippen molar-refractivity contribution in [1.29, 1.82) is 0 Å². The van der Waals surface area contributed by atoms with Crippen LogP contribution in [0.3, 0.4) is 0 Å². The van der Waals surface area contributed by atoms with Crippen molar-refractivity contribution < 1.29 is 24.2 Å². The first kappa shape index (κ1) is 23.4. The number of hydrogen-bond acceptors (Lipinski definition) is 4. The minimum atomic E-state index is -1.09. The number of alkyl carbamates (subject to hydrolysis) is 1. The molecule has 0 aliphatic heterocycles. The highest BCUT2D eigenvalue weighted by molar-refractivity contribution is 5.83. The van der Waals surface area contributed by atoms with Gasteiger partial charge in [-0.3, -0.25) is 9.59 Å². The summed E-state index contributed by atoms with van der Waals surface area (Å²) in [5.74, 6) is 0.740. The molecule has 0 unspecified atom stereocenters. The Morgan fingerprint density at radius 2 is 1.59 bits per heavy atom. The first-order valence-electron chi connectivity index (χ1n) is 11.5. The number of fused-ring (bicyclic) bond motifs is 3. The third-order valence-corrected chi connectivity index (χ3v) is 6.66. The lowest BCUT2D eigenvalue weighted by Gasteiger charge is -2.31. The monoisotopic (exact) mass is 460 g/mol. The van der Waals surface area contributed by atoms with Crippen molar-refractivity contribution in [2.45, 2.75) is 37.6 Å². The van der Waals surface area contributed by atoms with E-state index in [4.69, 9.17) is 16.3 Å². The van der Waals surface area contributed by atoms with Crippen LogP contribution >= 0.6 is 0 Å². The lowest BCUT2D eigenvalue weighted by Crippen LogP contribution is -2.44. The lowest BCUT2D eigenvalue weighted by atomic mass is 9.85. The van der Waals surface area contributed by atoms with Gasteiger partial charge < -0.3 is 20.1 Å². The number of aliphatic carboxylic acids is 1. The molecule has 7 nitrogen and oxygen atoms in total. The number of benzene rings is 2. The Morgan fingerprint density at radius 3 is 2.15 bits per heavy atom. The summed E-state index contributed by atoms with van der Waals surface area (Å²) >= 11 is 0. The average molecular weight is 461 g/mol. The summed E-state index contributed by atoms with van der Waals surface area (Å²) in [4.78, 5) is 37.4. The van der Waals surface area contributed by atoms with Crippen LogP contribution in [0.4, 0.5) is 4.79 Å². The number of nitrogens with zero attached hydrogens (tertiary/aromatic N) is 1. The predicted molar refractivity (Wildman–Crippen MR) is 127 cm³/mol. The van der Waals surface area contributed by atoms with E-state index >= 15 is 0 Å². The first-order chi connectivity index (χ1) is 16.5. The smallest absolute Gasteiger partial charge is 0.407 e. The molecule has 2 aliphatic rings. The van der Waals surface area contributed by atoms with Crippen LogP contribution in [0.1, 0.15) is 42.7 Å². The van der Waals surface area contributed by atoms with Gasteiger partial charge in [0.25, 0.3) is 0 Å². The molecular formula is C27H28N2O5. The van der Waals surface area contributed by atoms with Gasteiger partial charge in [0.2, 0.25) is 5.91 Å². The zero-order valence-electron chi connectivity index (χ0n) is 18.9. The zero-order valence-corrected chi connectivity index (χ0v) is 18.9. The van der Waals surface area contributed by atoms with Crippen molar-refractivity contribution in [3.8, 4) is 23.5 Å². The van der Waals surface area contributed by atoms with Crippen molar-refractivity contribution in [3.63, 3.8) is 0 Å². The summed E-state index contributed by atoms with van der Waals surface area (Å²) in [5.41, 5.74) is 4.68. The maximum atomic E-state index is 12.7. The highest BCUT2D eigenvalue weighted by Gasteiger charge is 2.32. The molecule has 2 aromatic carbocycles. The maximum absolute atomic E-state index is 12.7. The van der Waals surface area contributed by atoms with Crippen molar-refractivity contribution >= 4 is 18.0 Å². The molecule has 7 heteroatoms. The Kier molecular flexibility index (Phi) is 7.17. The van der Waals surface area contributed by atoms with E-state index in [-0.39, 0.29) is 36.9 Å². The number of rotatable bonds is 7. The average Bonchev–Trinajstić information content (AvgIpc) is 3.16. The molecule has 0 bridgehead atoms. The second kappa shape index (κ2) is 10.4. The number of ether oxygens (including phenoxy) is 1. The summed E-state index contributed by atoms with van der Waals surface area (Å²) < 4.78 is 5.62. The molecule has 4 rings (SSSR count). The second-order valence-corrected chi connectivity index (χ2v) is 8.81. The Morgan fingerprint density at radius 1 is 1.00 bits per heavy atom. The van der Waals surface area contributed by atoms with Gasteiger partial charge >= 0.3 is 12.1 Å². The minimum Gasteiger partial charge on any atom is -0.480 e. The Hall–Kier alpha value is -3.79. The molecule has 2 amide bonds. The van der Waals surface area contributed by atoms with Crippen molar-refractivity contribution in [1.82, 2.24) is 10.2 Å². The Balaban J connectivity index is 1.28. The number of carboxylic acid groups (broad SMARTS) is 1. The largest absolute Gasteiger partial charge is 0.480 e. The van der Waals surface area contributed by atoms with E-state index in [1.807, 2.05) is 24.3 Å². The van der Waals surface area contributed by atoms with Crippen LogP contribution < -0.4 is 5.32 Å². The standard InChI is InChI=1S/C27H28N2O5/c1-2-15-29(16-25(30)31)26(32)18-11-13-19(14-12-18)28-27(33)34-17-24-22-9-5-3-7-20(22)21-8-4-6-10-23(21)24/h1,3-10,18-19,24H,11-17H2,(H,28,33)(H,30,31). The normalized spacial score (nSPS) is 18.8. The van der Waals surface area contributed by atoms with E-state index in [9.17, 15) is 14.4 Å². The maximum Gasteiger partial charge on any atom is 0.407 e. The number of terminal acetylenes is 1. The number of carbonyl (C=O) groups is 3. The second-order valence-electron chi connectivity index (χ2n) is 8.81. The number of carboxylic acids is 1. The van der Waals surface area contributed by atoms with E-state index in [0.29, 0.717) is 25.7 Å². The molecule has 0 saturated heterocycles. The van der Waals surface area contributed by atoms with Gasteiger partial charge in [-0.25, -0.2) is 4.79 Å². The van der Waals surface area contributed by atoms with E-state index in [1.165, 1.54) is 16.0 Å². The van der Waals surface area contributed by atoms with Crippen LogP contribution in [0.5, 0.6) is 0 Å². The summed E-state index contributed by atoms with van der Waals surface area (Å²) in [7, 11) is 0. The molecule has 1 fully saturated rings. The molecular weight excluding hydrogens is 432 g/mol. The first-order valence-corrected chi connectivity index (χ1v) is 11.5. The molecule has 34 heavy (non-hydrogen) atoms. The van der Waals surface area contributed by atoms with Crippen LogP contribution in [-0.2, 0) is 14.3 Å². The molecule has 2 N–H and O–H groups in total. The molecule has 0 radical (unpaired) electrons. The Labute approximate surface area is 199 Å². The predicted octanol–water partition coefficient (Wildman–Crippen LogP) is 3.63. The van der Waals surface area contributed by atoms with Crippen molar-refractivity contribution in [3.05, 3.63) is 59.7 Å². The summed E-state index contributed by atoms with van der Waals surface area (Å²) in [6.07, 6.45) is 7.19. The summed E-state index contributed by atoms with van der Waals surface area (Å²) in [6.45, 7) is -0.173. The van der Waals surface area contributed by atoms with Crippen LogP contribution in [0.2, 0.25) is 0 Å². The van der Waals surface area contributed by atoms with Gasteiger partial charge in [0.15, 0.2) is 0 Å². The van der Waals surface area contributed by atoms with Crippen LogP contribution in [0.25, 0.3) is 11.1 Å². The number of nitrogens with one attached hydrogen (secondary N) is 1. The van der Waals surface area contributed by atoms with E-state index < -0.39 is 18.6 Å². The fourth-order valence-corrected chi connectivity index (χ4v) is 5.03. The van der Waals surface area contributed by atoms with Gasteiger partial charge in [-0.15, -0.1) is 6.42 Å². The zero-order chi connectivity index (χ0) is 24.1. The number of hydrogen-bond donors (Lipinski definition) is 2. The van der Waals surface area contributed by atoms with Crippen LogP contribution in [-0.4, -0.2) is 53.7 Å². The topological polar surface area (TPSA) is 95.9 Å². The number of carbonyl (C=O) groups excluding carboxylic acids is 2. The number of amides is 2. The minimum absolute atomic E-state index is 0.00267. The van der Waals surface area contributed by atoms with Gasteiger partial charge in [-0.1, -0.05) is 54.5 Å². The third kappa shape index (κ3) is 5.07. The SMILES string of the molecule is C#CCN(CC(=O)O)C(=O)C1CCC(NC(=O)OCC2c3ccccc3-c3ccccc32)CC1. The van der Waals surface area contributed by atoms with E-state index in [1.54, 1.807) is 0 Å². The summed E-state index contributed by atoms with van der Waals surface area (Å²) in [5, 5.41) is 11.9. The van der Waals surface area contributed by atoms with Gasteiger partial charge in [-0.05, 0) is 47.9 Å². The highest BCUT2D eigenvalue weighted by atomic mass is 16.5. The highest BCUT2D eigenvalue weighted by Crippen LogP contribution is 2.44. The van der Waals surface area contributed by atoms with Crippen molar-refractivity contribution in [2.24, 2.45) is 5.92 Å². The van der Waals surface area contributed by atoms with Crippen LogP contribution in [0.15, 0.2) is 48.5 Å². The van der Waals surface area contributed by atoms with Gasteiger partial charge in [0.1, 0.15) is 13.2 Å². The molecule has 0 spiro atoms. The fraction of sp³-hybridized carbons (Fsp3) is 0.370. The van der Waals surface area contributed by atoms with E-state index in [2.05, 4.69) is 35.5 Å². The molecule has 176 valence electrons. The molecule has 2 aromatic rings. The van der Waals surface area contributed by atoms with Crippen molar-refractivity contribution in [2.75, 3.05) is 19.7 Å². The molecule has 0 aromatic heterocycles. The molecule has 1 saturated carbocycles. The lowest BCUT2D eigenvalue weighted by molar-refractivity contribution is -0.146. The van der Waals surface area contributed by atoms with E-state index in [0.717, 1.165) is 11.1 Å². The quantitative estimate of drug-likeness (QED) is 0.615. The molecule has 0 heterocycles. The molecule has 2 aliphatic carbocycles. The molecule has 0 atom stereocenters. The van der Waals surface area contributed by atoms with Gasteiger partial charge in [0, 0.05) is 17.9 Å². The fourth-order valence-electron chi connectivity index (χ4n) is 5.03.